The second-order valence-corrected chi connectivity index (χ2v) is 5.95. The molecule has 0 saturated carbocycles. The Hall–Kier alpha value is -3.19. The first-order chi connectivity index (χ1) is 13.0. The van der Waals surface area contributed by atoms with Crippen LogP contribution < -0.4 is 14.8 Å². The minimum absolute atomic E-state index is 0.126. The van der Waals surface area contributed by atoms with Crippen LogP contribution in [0.15, 0.2) is 42.0 Å². The van der Waals surface area contributed by atoms with Crippen LogP contribution in [-0.2, 0) is 4.79 Å². The molecule has 2 rings (SSSR count). The van der Waals surface area contributed by atoms with E-state index < -0.39 is 5.91 Å². The van der Waals surface area contributed by atoms with Gasteiger partial charge in [-0.1, -0.05) is 29.3 Å². The summed E-state index contributed by atoms with van der Waals surface area (Å²) in [5.74, 6) is 0.134. The summed E-state index contributed by atoms with van der Waals surface area (Å²) >= 11 is 11.8. The van der Waals surface area contributed by atoms with E-state index in [-0.39, 0.29) is 17.2 Å². The highest BCUT2D eigenvalue weighted by Crippen LogP contribution is 2.29. The Morgan fingerprint density at radius 1 is 1.19 bits per heavy atom. The van der Waals surface area contributed by atoms with Crippen LogP contribution in [0.5, 0.6) is 11.5 Å². The minimum atomic E-state index is -0.620. The smallest absolute Gasteiger partial charge is 0.266 e. The molecule has 2 aromatic carbocycles. The monoisotopic (exact) mass is 401 g/mol. The number of nitriles is 2. The maximum absolute atomic E-state index is 12.4. The second kappa shape index (κ2) is 9.49. The predicted molar refractivity (Wildman–Crippen MR) is 103 cm³/mol. The van der Waals surface area contributed by atoms with Gasteiger partial charge >= 0.3 is 0 Å². The molecule has 0 spiro atoms. The highest BCUT2D eigenvalue weighted by atomic mass is 35.5. The third-order valence-electron chi connectivity index (χ3n) is 3.34. The molecule has 0 heterocycles. The minimum Gasteiger partial charge on any atom is -0.493 e. The SMILES string of the molecule is COc1cc(/C=C(/C#N)C(=O)Nc2ccc(Cl)cc2Cl)ccc1OCC#N. The van der Waals surface area contributed by atoms with Gasteiger partial charge in [-0.3, -0.25) is 4.79 Å². The number of methoxy groups -OCH3 is 1. The van der Waals surface area contributed by atoms with Crippen molar-refractivity contribution in [3.8, 4) is 23.6 Å². The fraction of sp³-hybridized carbons (Fsp3) is 0.105. The number of carbonyl (C=O) groups excluding carboxylic acids is 1. The fourth-order valence-corrected chi connectivity index (χ4v) is 2.55. The zero-order valence-electron chi connectivity index (χ0n) is 14.1. The first-order valence-electron chi connectivity index (χ1n) is 7.54. The Morgan fingerprint density at radius 3 is 2.59 bits per heavy atom. The van der Waals surface area contributed by atoms with Crippen LogP contribution >= 0.6 is 23.2 Å². The quantitative estimate of drug-likeness (QED) is 0.569. The molecule has 1 amide bonds. The summed E-state index contributed by atoms with van der Waals surface area (Å²) in [4.78, 5) is 12.4. The summed E-state index contributed by atoms with van der Waals surface area (Å²) < 4.78 is 10.4. The molecule has 1 N–H and O–H groups in total. The summed E-state index contributed by atoms with van der Waals surface area (Å²) in [7, 11) is 1.45. The third kappa shape index (κ3) is 5.39. The summed E-state index contributed by atoms with van der Waals surface area (Å²) in [5.41, 5.74) is 0.754. The van der Waals surface area contributed by atoms with E-state index in [2.05, 4.69) is 5.32 Å². The summed E-state index contributed by atoms with van der Waals surface area (Å²) in [6.45, 7) is -0.126. The molecule has 0 aromatic heterocycles. The van der Waals surface area contributed by atoms with Gasteiger partial charge in [0.1, 0.15) is 17.7 Å². The first-order valence-corrected chi connectivity index (χ1v) is 8.30. The number of nitrogens with zero attached hydrogens (tertiary/aromatic N) is 2. The number of nitrogens with one attached hydrogen (secondary N) is 1. The molecule has 0 atom stereocenters. The van der Waals surface area contributed by atoms with Crippen molar-refractivity contribution in [1.82, 2.24) is 0 Å². The standard InChI is InChI=1S/C19H13Cl2N3O3/c1-26-18-9-12(2-5-17(18)27-7-6-22)8-13(11-23)19(25)24-16-4-3-14(20)10-15(16)21/h2-5,8-10H,7H2,1H3,(H,24,25)/b13-8-. The van der Waals surface area contributed by atoms with Gasteiger partial charge in [0.2, 0.25) is 0 Å². The van der Waals surface area contributed by atoms with Crippen LogP contribution in [0.1, 0.15) is 5.56 Å². The number of ether oxygens (including phenoxy) is 2. The molecule has 0 fully saturated rings. The van der Waals surface area contributed by atoms with E-state index >= 15 is 0 Å². The van der Waals surface area contributed by atoms with Crippen molar-refractivity contribution in [3.63, 3.8) is 0 Å². The molecule has 136 valence electrons. The van der Waals surface area contributed by atoms with Gasteiger partial charge in [0, 0.05) is 5.02 Å². The normalized spacial score (nSPS) is 10.5. The highest BCUT2D eigenvalue weighted by Gasteiger charge is 2.13. The predicted octanol–water partition coefficient (Wildman–Crippen LogP) is 4.45. The fourth-order valence-electron chi connectivity index (χ4n) is 2.10. The van der Waals surface area contributed by atoms with Gasteiger partial charge in [-0.2, -0.15) is 10.5 Å². The van der Waals surface area contributed by atoms with Crippen LogP contribution in [0, 0.1) is 22.7 Å². The lowest BCUT2D eigenvalue weighted by atomic mass is 10.1. The molecule has 6 nitrogen and oxygen atoms in total. The first kappa shape index (κ1) is 20.1. The van der Waals surface area contributed by atoms with Gasteiger partial charge in [-0.05, 0) is 42.0 Å². The Bertz CT molecular complexity index is 975. The number of amides is 1. The van der Waals surface area contributed by atoms with Crippen molar-refractivity contribution in [2.75, 3.05) is 19.0 Å². The molecule has 27 heavy (non-hydrogen) atoms. The Kier molecular flexibility index (Phi) is 7.08. The number of hydrogen-bond donors (Lipinski definition) is 1. The zero-order chi connectivity index (χ0) is 19.8. The average Bonchev–Trinajstić information content (AvgIpc) is 2.66. The van der Waals surface area contributed by atoms with E-state index in [1.54, 1.807) is 30.3 Å². The lowest BCUT2D eigenvalue weighted by Gasteiger charge is -2.09. The van der Waals surface area contributed by atoms with Gasteiger partial charge in [0.05, 0.1) is 17.8 Å². The van der Waals surface area contributed by atoms with Crippen LogP contribution in [0.3, 0.4) is 0 Å². The highest BCUT2D eigenvalue weighted by molar-refractivity contribution is 6.36. The summed E-state index contributed by atoms with van der Waals surface area (Å²) in [6.07, 6.45) is 1.40. The van der Waals surface area contributed by atoms with Crippen molar-refractivity contribution >= 4 is 40.9 Å². The molecule has 2 aromatic rings. The number of carbonyl (C=O) groups is 1. The van der Waals surface area contributed by atoms with Crippen molar-refractivity contribution in [3.05, 3.63) is 57.6 Å². The number of rotatable bonds is 6. The van der Waals surface area contributed by atoms with E-state index in [9.17, 15) is 10.1 Å². The molecule has 0 bridgehead atoms. The Balaban J connectivity index is 2.25. The van der Waals surface area contributed by atoms with E-state index in [0.717, 1.165) is 0 Å². The van der Waals surface area contributed by atoms with Gasteiger partial charge in [-0.25, -0.2) is 0 Å². The maximum Gasteiger partial charge on any atom is 0.266 e. The maximum atomic E-state index is 12.4. The van der Waals surface area contributed by atoms with E-state index in [0.29, 0.717) is 27.8 Å². The lowest BCUT2D eigenvalue weighted by Crippen LogP contribution is -2.13. The van der Waals surface area contributed by atoms with Crippen molar-refractivity contribution in [2.45, 2.75) is 0 Å². The lowest BCUT2D eigenvalue weighted by molar-refractivity contribution is -0.112. The topological polar surface area (TPSA) is 95.1 Å². The van der Waals surface area contributed by atoms with Crippen molar-refractivity contribution in [2.24, 2.45) is 0 Å². The number of benzene rings is 2. The van der Waals surface area contributed by atoms with E-state index in [1.807, 2.05) is 12.1 Å². The van der Waals surface area contributed by atoms with E-state index in [4.69, 9.17) is 37.9 Å². The summed E-state index contributed by atoms with van der Waals surface area (Å²) in [5, 5.41) is 21.2. The molecule has 0 aliphatic carbocycles. The molecule has 0 unspecified atom stereocenters. The molecule has 8 heteroatoms. The molecule has 0 radical (unpaired) electrons. The van der Waals surface area contributed by atoms with Crippen LogP contribution in [0.2, 0.25) is 10.0 Å². The van der Waals surface area contributed by atoms with Gasteiger partial charge in [0.15, 0.2) is 18.1 Å². The molecule has 0 aliphatic rings. The van der Waals surface area contributed by atoms with E-state index in [1.165, 1.54) is 19.3 Å². The number of hydrogen-bond acceptors (Lipinski definition) is 5. The van der Waals surface area contributed by atoms with Crippen LogP contribution in [0.4, 0.5) is 5.69 Å². The number of anilines is 1. The number of halogens is 2. The largest absolute Gasteiger partial charge is 0.493 e. The zero-order valence-corrected chi connectivity index (χ0v) is 15.6. The Morgan fingerprint density at radius 2 is 1.96 bits per heavy atom. The van der Waals surface area contributed by atoms with Gasteiger partial charge in [0.25, 0.3) is 5.91 Å². The molecular weight excluding hydrogens is 389 g/mol. The Labute approximate surface area is 166 Å². The van der Waals surface area contributed by atoms with Crippen molar-refractivity contribution in [1.29, 1.82) is 10.5 Å². The second-order valence-electron chi connectivity index (χ2n) is 5.11. The van der Waals surface area contributed by atoms with Gasteiger partial charge in [-0.15, -0.1) is 0 Å². The third-order valence-corrected chi connectivity index (χ3v) is 3.88. The van der Waals surface area contributed by atoms with Gasteiger partial charge < -0.3 is 14.8 Å². The molecular formula is C19H13Cl2N3O3. The van der Waals surface area contributed by atoms with Crippen molar-refractivity contribution < 1.29 is 14.3 Å². The molecule has 0 saturated heterocycles. The average molecular weight is 402 g/mol. The van der Waals surface area contributed by atoms with Crippen LogP contribution in [-0.4, -0.2) is 19.6 Å². The summed E-state index contributed by atoms with van der Waals surface area (Å²) in [6, 6.07) is 13.1. The molecule has 0 aliphatic heterocycles. The van der Waals surface area contributed by atoms with Crippen LogP contribution in [0.25, 0.3) is 6.08 Å².